The monoisotopic (exact) mass is 447 g/mol. The van der Waals surface area contributed by atoms with Crippen molar-refractivity contribution in [2.45, 2.75) is 39.8 Å². The number of fused-ring (bicyclic) bond motifs is 1. The van der Waals surface area contributed by atoms with Gasteiger partial charge in [0, 0.05) is 11.7 Å². The zero-order chi connectivity index (χ0) is 22.2. The van der Waals surface area contributed by atoms with E-state index in [0.29, 0.717) is 11.4 Å². The van der Waals surface area contributed by atoms with Gasteiger partial charge in [0.25, 0.3) is 0 Å². The maximum atomic E-state index is 12.9. The number of nitrogens with one attached hydrogen (secondary N) is 1. The zero-order valence-corrected chi connectivity index (χ0v) is 19.2. The van der Waals surface area contributed by atoms with Crippen molar-refractivity contribution in [3.63, 3.8) is 0 Å². The van der Waals surface area contributed by atoms with Crippen LogP contribution in [0.4, 0.5) is 11.4 Å². The molecule has 0 fully saturated rings. The molecular formula is C21H25N3O4S2. The fraction of sp³-hybridized carbons (Fsp3) is 0.333. The standard InChI is InChI=1S/C21H25N3O4S2/c1-13(2)23-18-11-8-16(12-19(18)29-21(23)26)22-20(25)15(4)24(30(5,27)28)17-9-6-14(3)7-10-17/h6-13,15H,1-5H3,(H,22,25)/t15-/m0/s1. The molecule has 1 heterocycles. The van der Waals surface area contributed by atoms with E-state index in [4.69, 9.17) is 0 Å². The first kappa shape index (κ1) is 22.0. The summed E-state index contributed by atoms with van der Waals surface area (Å²) >= 11 is 1.12. The van der Waals surface area contributed by atoms with E-state index in [0.717, 1.165) is 37.7 Å². The highest BCUT2D eigenvalue weighted by molar-refractivity contribution is 7.92. The van der Waals surface area contributed by atoms with Gasteiger partial charge in [-0.25, -0.2) is 8.42 Å². The Bertz CT molecular complexity index is 1240. The van der Waals surface area contributed by atoms with Crippen LogP contribution >= 0.6 is 11.3 Å². The fourth-order valence-electron chi connectivity index (χ4n) is 3.35. The molecule has 0 bridgehead atoms. The first-order valence-electron chi connectivity index (χ1n) is 9.51. The second-order valence-electron chi connectivity index (χ2n) is 7.57. The molecular weight excluding hydrogens is 422 g/mol. The minimum absolute atomic E-state index is 0.0320. The van der Waals surface area contributed by atoms with Crippen LogP contribution in [0.2, 0.25) is 0 Å². The maximum Gasteiger partial charge on any atom is 0.308 e. The summed E-state index contributed by atoms with van der Waals surface area (Å²) in [6.07, 6.45) is 1.08. The minimum Gasteiger partial charge on any atom is -0.324 e. The zero-order valence-electron chi connectivity index (χ0n) is 17.5. The van der Waals surface area contributed by atoms with Gasteiger partial charge in [-0.3, -0.25) is 18.5 Å². The van der Waals surface area contributed by atoms with Gasteiger partial charge in [-0.15, -0.1) is 0 Å². The molecule has 7 nitrogen and oxygen atoms in total. The van der Waals surface area contributed by atoms with Crippen LogP contribution < -0.4 is 14.5 Å². The van der Waals surface area contributed by atoms with E-state index < -0.39 is 22.0 Å². The maximum absolute atomic E-state index is 12.9. The van der Waals surface area contributed by atoms with Gasteiger partial charge >= 0.3 is 4.87 Å². The van der Waals surface area contributed by atoms with E-state index in [2.05, 4.69) is 5.32 Å². The van der Waals surface area contributed by atoms with Crippen LogP contribution in [0, 0.1) is 6.92 Å². The molecule has 0 radical (unpaired) electrons. The van der Waals surface area contributed by atoms with Crippen LogP contribution in [-0.4, -0.2) is 31.2 Å². The Morgan fingerprint density at radius 1 is 1.10 bits per heavy atom. The van der Waals surface area contributed by atoms with Crippen molar-refractivity contribution in [1.29, 1.82) is 0 Å². The smallest absolute Gasteiger partial charge is 0.308 e. The molecule has 0 unspecified atom stereocenters. The molecule has 0 saturated heterocycles. The Morgan fingerprint density at radius 2 is 1.73 bits per heavy atom. The average molecular weight is 448 g/mol. The van der Waals surface area contributed by atoms with Crippen LogP contribution in [0.5, 0.6) is 0 Å². The third kappa shape index (κ3) is 4.41. The molecule has 9 heteroatoms. The molecule has 1 amide bonds. The second-order valence-corrected chi connectivity index (χ2v) is 10.4. The number of aryl methyl sites for hydroxylation is 1. The Kier molecular flexibility index (Phi) is 6.05. The lowest BCUT2D eigenvalue weighted by Gasteiger charge is -2.28. The van der Waals surface area contributed by atoms with Crippen LogP contribution in [0.15, 0.2) is 47.3 Å². The summed E-state index contributed by atoms with van der Waals surface area (Å²) < 4.78 is 28.4. The van der Waals surface area contributed by atoms with Crippen molar-refractivity contribution < 1.29 is 13.2 Å². The third-order valence-electron chi connectivity index (χ3n) is 4.77. The number of carbonyl (C=O) groups is 1. The van der Waals surface area contributed by atoms with Gasteiger partial charge in [0.2, 0.25) is 15.9 Å². The SMILES string of the molecule is Cc1ccc(N([C@@H](C)C(=O)Nc2ccc3c(c2)sc(=O)n3C(C)C)S(C)(=O)=O)cc1. The predicted octanol–water partition coefficient (Wildman–Crippen LogP) is 3.75. The Balaban J connectivity index is 1.90. The molecule has 3 aromatic rings. The molecule has 1 aromatic heterocycles. The van der Waals surface area contributed by atoms with Crippen molar-refractivity contribution in [3.05, 3.63) is 57.7 Å². The summed E-state index contributed by atoms with van der Waals surface area (Å²) in [4.78, 5) is 25.0. The summed E-state index contributed by atoms with van der Waals surface area (Å²) in [5.41, 5.74) is 2.73. The normalized spacial score (nSPS) is 12.9. The summed E-state index contributed by atoms with van der Waals surface area (Å²) in [7, 11) is -3.68. The first-order chi connectivity index (χ1) is 14.0. The van der Waals surface area contributed by atoms with Gasteiger partial charge < -0.3 is 5.32 Å². The van der Waals surface area contributed by atoms with E-state index in [1.807, 2.05) is 20.8 Å². The molecule has 0 aliphatic heterocycles. The van der Waals surface area contributed by atoms with E-state index in [-0.39, 0.29) is 10.9 Å². The van der Waals surface area contributed by atoms with Crippen molar-refractivity contribution in [2.75, 3.05) is 15.9 Å². The number of aromatic nitrogens is 1. The Labute approximate surface area is 180 Å². The van der Waals surface area contributed by atoms with Crippen molar-refractivity contribution in [2.24, 2.45) is 0 Å². The molecule has 30 heavy (non-hydrogen) atoms. The molecule has 1 N–H and O–H groups in total. The summed E-state index contributed by atoms with van der Waals surface area (Å²) in [5.74, 6) is -0.462. The van der Waals surface area contributed by atoms with Gasteiger partial charge in [0.15, 0.2) is 0 Å². The van der Waals surface area contributed by atoms with Gasteiger partial charge in [0.05, 0.1) is 22.2 Å². The van der Waals surface area contributed by atoms with Crippen molar-refractivity contribution in [1.82, 2.24) is 4.57 Å². The largest absolute Gasteiger partial charge is 0.324 e. The van der Waals surface area contributed by atoms with Crippen LogP contribution in [0.1, 0.15) is 32.4 Å². The highest BCUT2D eigenvalue weighted by Crippen LogP contribution is 2.26. The molecule has 3 rings (SSSR count). The lowest BCUT2D eigenvalue weighted by molar-refractivity contribution is -0.116. The number of amides is 1. The van der Waals surface area contributed by atoms with Gasteiger partial charge in [0.1, 0.15) is 6.04 Å². The molecule has 0 spiro atoms. The number of nitrogens with zero attached hydrogens (tertiary/aromatic N) is 2. The number of thiazole rings is 1. The van der Waals surface area contributed by atoms with E-state index in [9.17, 15) is 18.0 Å². The molecule has 0 saturated carbocycles. The minimum atomic E-state index is -3.68. The summed E-state index contributed by atoms with van der Waals surface area (Å²) in [6, 6.07) is 11.3. The third-order valence-corrected chi connectivity index (χ3v) is 6.93. The second kappa shape index (κ2) is 8.23. The fourth-order valence-corrected chi connectivity index (χ4v) is 5.58. The average Bonchev–Trinajstić information content (AvgIpc) is 2.97. The van der Waals surface area contributed by atoms with E-state index >= 15 is 0 Å². The van der Waals surface area contributed by atoms with E-state index in [1.54, 1.807) is 54.0 Å². The summed E-state index contributed by atoms with van der Waals surface area (Å²) in [5, 5.41) is 2.78. The quantitative estimate of drug-likeness (QED) is 0.623. The van der Waals surface area contributed by atoms with E-state index in [1.165, 1.54) is 0 Å². The topological polar surface area (TPSA) is 88.5 Å². The Morgan fingerprint density at radius 3 is 2.30 bits per heavy atom. The van der Waals surface area contributed by atoms with Crippen LogP contribution in [-0.2, 0) is 14.8 Å². The number of carbonyl (C=O) groups excluding carboxylic acids is 1. The van der Waals surface area contributed by atoms with Crippen molar-refractivity contribution in [3.8, 4) is 0 Å². The number of hydrogen-bond donors (Lipinski definition) is 1. The number of benzene rings is 2. The number of anilines is 2. The summed E-state index contributed by atoms with van der Waals surface area (Å²) in [6.45, 7) is 7.33. The van der Waals surface area contributed by atoms with Gasteiger partial charge in [-0.05, 0) is 58.0 Å². The predicted molar refractivity (Wildman–Crippen MR) is 123 cm³/mol. The molecule has 0 aliphatic rings. The van der Waals surface area contributed by atoms with Crippen LogP contribution in [0.25, 0.3) is 10.2 Å². The number of rotatable bonds is 6. The number of hydrogen-bond acceptors (Lipinski definition) is 5. The first-order valence-corrected chi connectivity index (χ1v) is 12.2. The lowest BCUT2D eigenvalue weighted by atomic mass is 10.2. The van der Waals surface area contributed by atoms with Gasteiger partial charge in [-0.1, -0.05) is 29.0 Å². The van der Waals surface area contributed by atoms with Crippen molar-refractivity contribution >= 4 is 48.9 Å². The lowest BCUT2D eigenvalue weighted by Crippen LogP contribution is -2.45. The number of sulfonamides is 1. The van der Waals surface area contributed by atoms with Crippen LogP contribution in [0.3, 0.4) is 0 Å². The van der Waals surface area contributed by atoms with Gasteiger partial charge in [-0.2, -0.15) is 0 Å². The molecule has 160 valence electrons. The highest BCUT2D eigenvalue weighted by atomic mass is 32.2. The molecule has 1 atom stereocenters. The molecule has 2 aromatic carbocycles. The highest BCUT2D eigenvalue weighted by Gasteiger charge is 2.29. The molecule has 0 aliphatic carbocycles. The Hall–Kier alpha value is -2.65.